The van der Waals surface area contributed by atoms with Crippen LogP contribution in [0.25, 0.3) is 0 Å². The van der Waals surface area contributed by atoms with Gasteiger partial charge in [0.1, 0.15) is 23.2 Å². The number of benzene rings is 2. The molecule has 1 aromatic heterocycles. The van der Waals surface area contributed by atoms with Gasteiger partial charge in [-0.2, -0.15) is 0 Å². The van der Waals surface area contributed by atoms with Gasteiger partial charge in [-0.25, -0.2) is 0 Å². The van der Waals surface area contributed by atoms with Crippen molar-refractivity contribution in [1.29, 1.82) is 0 Å². The molecule has 0 aliphatic carbocycles. The van der Waals surface area contributed by atoms with Gasteiger partial charge in [-0.1, -0.05) is 60.6 Å². The number of nitrogens with zero attached hydrogens (tertiary/aromatic N) is 3. The van der Waals surface area contributed by atoms with E-state index in [9.17, 15) is 9.59 Å². The van der Waals surface area contributed by atoms with E-state index in [-0.39, 0.29) is 23.8 Å². The first-order valence-electron chi connectivity index (χ1n) is 12.2. The van der Waals surface area contributed by atoms with Gasteiger partial charge in [0, 0.05) is 45.4 Å². The van der Waals surface area contributed by atoms with Gasteiger partial charge in [0.25, 0.3) is 5.91 Å². The zero-order valence-electron chi connectivity index (χ0n) is 20.6. The van der Waals surface area contributed by atoms with Crippen LogP contribution in [0.3, 0.4) is 0 Å². The third-order valence-electron chi connectivity index (χ3n) is 6.59. The van der Waals surface area contributed by atoms with E-state index in [2.05, 4.69) is 5.16 Å². The number of ether oxygens (including phenoxy) is 1. The molecule has 0 radical (unpaired) electrons. The van der Waals surface area contributed by atoms with E-state index in [1.807, 2.05) is 79.5 Å². The standard InChI is InChI=1S/C28H33N3O4/c1-4-24-27(20(2)35-29-24)28(33)31-16-15-25(34-23-13-9-6-10-14-23)22(19-31)17-26(32)30(3)18-21-11-7-5-8-12-21/h5-14,22,25H,4,15-19H2,1-3H3/t22-,25-/m0/s1. The Morgan fingerprint density at radius 1 is 1.11 bits per heavy atom. The second-order valence-corrected chi connectivity index (χ2v) is 9.12. The van der Waals surface area contributed by atoms with Crippen molar-refractivity contribution in [3.05, 3.63) is 83.2 Å². The average Bonchev–Trinajstić information content (AvgIpc) is 3.26. The van der Waals surface area contributed by atoms with Gasteiger partial charge >= 0.3 is 0 Å². The highest BCUT2D eigenvalue weighted by atomic mass is 16.5. The summed E-state index contributed by atoms with van der Waals surface area (Å²) in [7, 11) is 1.82. The van der Waals surface area contributed by atoms with Crippen LogP contribution in [0.5, 0.6) is 5.75 Å². The largest absolute Gasteiger partial charge is 0.490 e. The van der Waals surface area contributed by atoms with E-state index < -0.39 is 0 Å². The number of piperidine rings is 1. The second-order valence-electron chi connectivity index (χ2n) is 9.12. The molecule has 35 heavy (non-hydrogen) atoms. The number of hydrogen-bond donors (Lipinski definition) is 0. The first-order valence-corrected chi connectivity index (χ1v) is 12.2. The molecule has 3 aromatic rings. The third kappa shape index (κ3) is 5.91. The fourth-order valence-corrected chi connectivity index (χ4v) is 4.64. The van der Waals surface area contributed by atoms with Crippen LogP contribution in [-0.4, -0.2) is 53.0 Å². The van der Waals surface area contributed by atoms with Gasteiger partial charge in [0.05, 0.1) is 5.69 Å². The molecule has 2 amide bonds. The minimum atomic E-state index is -0.162. The van der Waals surface area contributed by atoms with Gasteiger partial charge in [0.15, 0.2) is 0 Å². The Balaban J connectivity index is 1.50. The lowest BCUT2D eigenvalue weighted by Crippen LogP contribution is -2.49. The van der Waals surface area contributed by atoms with Crippen LogP contribution >= 0.6 is 0 Å². The fourth-order valence-electron chi connectivity index (χ4n) is 4.64. The first kappa shape index (κ1) is 24.5. The van der Waals surface area contributed by atoms with Crippen molar-refractivity contribution in [3.8, 4) is 5.75 Å². The Labute approximate surface area is 206 Å². The van der Waals surface area contributed by atoms with Crippen molar-refractivity contribution in [2.24, 2.45) is 5.92 Å². The molecule has 2 atom stereocenters. The minimum Gasteiger partial charge on any atom is -0.490 e. The molecule has 184 valence electrons. The topological polar surface area (TPSA) is 75.9 Å². The van der Waals surface area contributed by atoms with E-state index in [4.69, 9.17) is 9.26 Å². The molecular formula is C28H33N3O4. The van der Waals surface area contributed by atoms with Crippen LogP contribution in [0.15, 0.2) is 65.2 Å². The van der Waals surface area contributed by atoms with E-state index in [0.29, 0.717) is 55.9 Å². The van der Waals surface area contributed by atoms with E-state index in [1.165, 1.54) is 0 Å². The van der Waals surface area contributed by atoms with Crippen molar-refractivity contribution in [1.82, 2.24) is 15.0 Å². The van der Waals surface area contributed by atoms with Gasteiger partial charge in [-0.05, 0) is 31.0 Å². The molecular weight excluding hydrogens is 442 g/mol. The molecule has 0 unspecified atom stereocenters. The number of carbonyl (C=O) groups is 2. The summed E-state index contributed by atoms with van der Waals surface area (Å²) in [5.74, 6) is 1.11. The minimum absolute atomic E-state index is 0.0326. The summed E-state index contributed by atoms with van der Waals surface area (Å²) >= 11 is 0. The molecule has 7 nitrogen and oxygen atoms in total. The Kier molecular flexibility index (Phi) is 7.85. The van der Waals surface area contributed by atoms with Crippen molar-refractivity contribution in [2.45, 2.75) is 45.8 Å². The number of rotatable bonds is 8. The highest BCUT2D eigenvalue weighted by Gasteiger charge is 2.36. The van der Waals surface area contributed by atoms with E-state index in [1.54, 1.807) is 11.8 Å². The molecule has 1 fully saturated rings. The molecule has 0 spiro atoms. The van der Waals surface area contributed by atoms with Crippen molar-refractivity contribution < 1.29 is 18.8 Å². The lowest BCUT2D eigenvalue weighted by molar-refractivity contribution is -0.133. The lowest BCUT2D eigenvalue weighted by Gasteiger charge is -2.39. The first-order chi connectivity index (χ1) is 17.0. The molecule has 2 heterocycles. The van der Waals surface area contributed by atoms with Crippen LogP contribution in [0.4, 0.5) is 0 Å². The Bertz CT molecular complexity index is 1130. The van der Waals surface area contributed by atoms with Gasteiger partial charge in [0.2, 0.25) is 5.91 Å². The predicted octanol–water partition coefficient (Wildman–Crippen LogP) is 4.50. The van der Waals surface area contributed by atoms with Gasteiger partial charge in [-0.3, -0.25) is 9.59 Å². The second kappa shape index (κ2) is 11.2. The summed E-state index contributed by atoms with van der Waals surface area (Å²) in [6.45, 7) is 5.25. The van der Waals surface area contributed by atoms with Gasteiger partial charge < -0.3 is 19.1 Å². The SMILES string of the molecule is CCc1noc(C)c1C(=O)N1CC[C@H](Oc2ccccc2)[C@@H](CC(=O)N(C)Cc2ccccc2)C1. The summed E-state index contributed by atoms with van der Waals surface area (Å²) < 4.78 is 11.6. The van der Waals surface area contributed by atoms with Crippen LogP contribution in [0.2, 0.25) is 0 Å². The quantitative estimate of drug-likeness (QED) is 0.479. The van der Waals surface area contributed by atoms with Gasteiger partial charge in [-0.15, -0.1) is 0 Å². The monoisotopic (exact) mass is 475 g/mol. The summed E-state index contributed by atoms with van der Waals surface area (Å²) in [4.78, 5) is 30.2. The Morgan fingerprint density at radius 3 is 2.49 bits per heavy atom. The molecule has 1 aliphatic heterocycles. The van der Waals surface area contributed by atoms with Crippen LogP contribution in [0, 0.1) is 12.8 Å². The van der Waals surface area contributed by atoms with Crippen molar-refractivity contribution in [2.75, 3.05) is 20.1 Å². The molecule has 1 saturated heterocycles. The van der Waals surface area contributed by atoms with Crippen LogP contribution < -0.4 is 4.74 Å². The highest BCUT2D eigenvalue weighted by Crippen LogP contribution is 2.28. The van der Waals surface area contributed by atoms with Crippen molar-refractivity contribution >= 4 is 11.8 Å². The molecule has 0 bridgehead atoms. The maximum Gasteiger partial charge on any atom is 0.259 e. The number of para-hydroxylation sites is 1. The summed E-state index contributed by atoms with van der Waals surface area (Å²) in [6, 6.07) is 19.6. The molecule has 0 saturated carbocycles. The maximum atomic E-state index is 13.4. The number of aryl methyl sites for hydroxylation is 2. The molecule has 4 rings (SSSR count). The van der Waals surface area contributed by atoms with E-state index in [0.717, 1.165) is 11.3 Å². The molecule has 0 N–H and O–H groups in total. The molecule has 2 aromatic carbocycles. The predicted molar refractivity (Wildman–Crippen MR) is 133 cm³/mol. The number of aromatic nitrogens is 1. The lowest BCUT2D eigenvalue weighted by atomic mass is 9.90. The number of amides is 2. The summed E-state index contributed by atoms with van der Waals surface area (Å²) in [6.07, 6.45) is 1.41. The maximum absolute atomic E-state index is 13.4. The van der Waals surface area contributed by atoms with Crippen LogP contribution in [0.1, 0.15) is 47.1 Å². The number of likely N-dealkylation sites (tertiary alicyclic amines) is 1. The van der Waals surface area contributed by atoms with Crippen molar-refractivity contribution in [3.63, 3.8) is 0 Å². The Morgan fingerprint density at radius 2 is 1.80 bits per heavy atom. The third-order valence-corrected chi connectivity index (χ3v) is 6.59. The molecule has 1 aliphatic rings. The molecule has 7 heteroatoms. The zero-order valence-corrected chi connectivity index (χ0v) is 20.6. The highest BCUT2D eigenvalue weighted by molar-refractivity contribution is 5.96. The summed E-state index contributed by atoms with van der Waals surface area (Å²) in [5.41, 5.74) is 2.29. The van der Waals surface area contributed by atoms with Crippen LogP contribution in [-0.2, 0) is 17.8 Å². The summed E-state index contributed by atoms with van der Waals surface area (Å²) in [5, 5.41) is 4.04. The normalized spacial score (nSPS) is 17.7. The number of carbonyl (C=O) groups excluding carboxylic acids is 2. The van der Waals surface area contributed by atoms with E-state index >= 15 is 0 Å². The smallest absolute Gasteiger partial charge is 0.259 e. The zero-order chi connectivity index (χ0) is 24.8. The average molecular weight is 476 g/mol. The fraction of sp³-hybridized carbons (Fsp3) is 0.393. The Hall–Kier alpha value is -3.61. The number of hydrogen-bond acceptors (Lipinski definition) is 5.